The molecule has 27 heavy (non-hydrogen) atoms. The minimum absolute atomic E-state index is 0.0121. The molecule has 6 heteroatoms. The van der Waals surface area contributed by atoms with Crippen LogP contribution in [-0.2, 0) is 20.8 Å². The zero-order chi connectivity index (χ0) is 20.0. The summed E-state index contributed by atoms with van der Waals surface area (Å²) in [4.78, 5) is 40.9. The first-order chi connectivity index (χ1) is 12.8. The number of carbonyl (C=O) groups excluding carboxylic acids is 3. The van der Waals surface area contributed by atoms with Crippen LogP contribution in [0.15, 0.2) is 30.3 Å². The van der Waals surface area contributed by atoms with Crippen LogP contribution in [0, 0.1) is 5.92 Å². The van der Waals surface area contributed by atoms with Gasteiger partial charge in [-0.05, 0) is 30.7 Å². The molecular formula is C21H31N3O3. The Morgan fingerprint density at radius 2 is 1.93 bits per heavy atom. The van der Waals surface area contributed by atoms with E-state index in [1.54, 1.807) is 19.0 Å². The fourth-order valence-corrected chi connectivity index (χ4v) is 3.61. The normalized spacial score (nSPS) is 17.9. The number of likely N-dealkylation sites (N-methyl/N-ethyl adjacent to an activating group) is 2. The van der Waals surface area contributed by atoms with Gasteiger partial charge in [-0.2, -0.15) is 0 Å². The van der Waals surface area contributed by atoms with Crippen LogP contribution in [0.5, 0.6) is 0 Å². The van der Waals surface area contributed by atoms with Crippen molar-refractivity contribution < 1.29 is 14.4 Å². The topological polar surface area (TPSA) is 69.7 Å². The van der Waals surface area contributed by atoms with Gasteiger partial charge in [-0.15, -0.1) is 0 Å². The van der Waals surface area contributed by atoms with Crippen LogP contribution in [0.1, 0.15) is 38.7 Å². The maximum atomic E-state index is 13.1. The summed E-state index contributed by atoms with van der Waals surface area (Å²) in [5.74, 6) is -0.0251. The van der Waals surface area contributed by atoms with Crippen LogP contribution in [0.25, 0.3) is 0 Å². The minimum atomic E-state index is -0.519. The molecule has 0 radical (unpaired) electrons. The van der Waals surface area contributed by atoms with E-state index < -0.39 is 12.1 Å². The lowest BCUT2D eigenvalue weighted by Gasteiger charge is -2.33. The molecule has 1 fully saturated rings. The average molecular weight is 373 g/mol. The largest absolute Gasteiger partial charge is 0.357 e. The Hall–Kier alpha value is -2.37. The van der Waals surface area contributed by atoms with Gasteiger partial charge in [0.05, 0.1) is 0 Å². The number of hydrogen-bond donors (Lipinski definition) is 1. The lowest BCUT2D eigenvalue weighted by Crippen LogP contribution is -2.53. The molecule has 3 amide bonds. The molecule has 1 heterocycles. The lowest BCUT2D eigenvalue weighted by molar-refractivity contribution is -0.145. The van der Waals surface area contributed by atoms with Gasteiger partial charge in [0, 0.05) is 27.1 Å². The van der Waals surface area contributed by atoms with Gasteiger partial charge in [0.15, 0.2) is 0 Å². The molecule has 1 N–H and O–H groups in total. The van der Waals surface area contributed by atoms with Crippen molar-refractivity contribution in [3.05, 3.63) is 35.9 Å². The van der Waals surface area contributed by atoms with E-state index >= 15 is 0 Å². The Morgan fingerprint density at radius 1 is 1.26 bits per heavy atom. The molecule has 2 atom stereocenters. The number of likely N-dealkylation sites (tertiary alicyclic amines) is 1. The molecule has 6 nitrogen and oxygen atoms in total. The quantitative estimate of drug-likeness (QED) is 0.756. The predicted octanol–water partition coefficient (Wildman–Crippen LogP) is 1.84. The SMILES string of the molecule is CNC(=O)C(CC(C)C)N(C)C(=O)[C@@H]1CCC(=O)N1CCc1ccccc1. The molecule has 1 saturated heterocycles. The van der Waals surface area contributed by atoms with E-state index in [1.165, 1.54) is 4.90 Å². The minimum Gasteiger partial charge on any atom is -0.357 e. The van der Waals surface area contributed by atoms with Gasteiger partial charge in [-0.3, -0.25) is 14.4 Å². The number of carbonyl (C=O) groups is 3. The van der Waals surface area contributed by atoms with Gasteiger partial charge >= 0.3 is 0 Å². The third kappa shape index (κ3) is 5.31. The van der Waals surface area contributed by atoms with Crippen molar-refractivity contribution >= 4 is 17.7 Å². The number of nitrogens with zero attached hydrogens (tertiary/aromatic N) is 2. The lowest BCUT2D eigenvalue weighted by atomic mass is 10.0. The Bertz CT molecular complexity index is 660. The molecule has 1 aromatic rings. The molecule has 2 rings (SSSR count). The summed E-state index contributed by atoms with van der Waals surface area (Å²) in [7, 11) is 3.25. The standard InChI is InChI=1S/C21H31N3O3/c1-15(2)14-18(20(26)22-3)23(4)21(27)17-10-11-19(25)24(17)13-12-16-8-6-5-7-9-16/h5-9,15,17-18H,10-14H2,1-4H3,(H,22,26)/t17-,18?/m0/s1. The van der Waals surface area contributed by atoms with E-state index in [-0.39, 0.29) is 23.6 Å². The van der Waals surface area contributed by atoms with E-state index in [1.807, 2.05) is 44.2 Å². The highest BCUT2D eigenvalue weighted by molar-refractivity contribution is 5.93. The van der Waals surface area contributed by atoms with Crippen molar-refractivity contribution in [2.75, 3.05) is 20.6 Å². The van der Waals surface area contributed by atoms with Gasteiger partial charge in [0.25, 0.3) is 0 Å². The molecule has 1 unspecified atom stereocenters. The zero-order valence-corrected chi connectivity index (χ0v) is 16.8. The summed E-state index contributed by atoms with van der Waals surface area (Å²) in [5.41, 5.74) is 1.14. The van der Waals surface area contributed by atoms with Gasteiger partial charge in [-0.1, -0.05) is 44.2 Å². The summed E-state index contributed by atoms with van der Waals surface area (Å²) < 4.78 is 0. The Kier molecular flexibility index (Phi) is 7.39. The second kappa shape index (κ2) is 9.53. The van der Waals surface area contributed by atoms with Crippen LogP contribution in [0.4, 0.5) is 0 Å². The smallest absolute Gasteiger partial charge is 0.245 e. The van der Waals surface area contributed by atoms with E-state index in [0.717, 1.165) is 5.56 Å². The van der Waals surface area contributed by atoms with E-state index in [4.69, 9.17) is 0 Å². The molecule has 1 aliphatic rings. The molecular weight excluding hydrogens is 342 g/mol. The van der Waals surface area contributed by atoms with Crippen LogP contribution in [-0.4, -0.2) is 60.2 Å². The Morgan fingerprint density at radius 3 is 2.52 bits per heavy atom. The molecule has 1 aromatic carbocycles. The van der Waals surface area contributed by atoms with Crippen molar-refractivity contribution in [3.63, 3.8) is 0 Å². The highest BCUT2D eigenvalue weighted by atomic mass is 16.2. The second-order valence-corrected chi connectivity index (χ2v) is 7.59. The molecule has 0 bridgehead atoms. The van der Waals surface area contributed by atoms with Crippen LogP contribution < -0.4 is 5.32 Å². The van der Waals surface area contributed by atoms with Crippen molar-refractivity contribution in [3.8, 4) is 0 Å². The summed E-state index contributed by atoms with van der Waals surface area (Å²) in [6.45, 7) is 4.57. The summed E-state index contributed by atoms with van der Waals surface area (Å²) in [6.07, 6.45) is 2.20. The molecule has 0 spiro atoms. The van der Waals surface area contributed by atoms with Gasteiger partial charge in [-0.25, -0.2) is 0 Å². The Balaban J connectivity index is 2.09. The van der Waals surface area contributed by atoms with Crippen molar-refractivity contribution in [1.82, 2.24) is 15.1 Å². The first kappa shape index (κ1) is 20.9. The first-order valence-corrected chi connectivity index (χ1v) is 9.66. The highest BCUT2D eigenvalue weighted by Gasteiger charge is 2.39. The second-order valence-electron chi connectivity index (χ2n) is 7.59. The molecule has 0 saturated carbocycles. The third-order valence-electron chi connectivity index (χ3n) is 5.16. The van der Waals surface area contributed by atoms with Crippen LogP contribution in [0.2, 0.25) is 0 Å². The number of benzene rings is 1. The fourth-order valence-electron chi connectivity index (χ4n) is 3.61. The number of nitrogens with one attached hydrogen (secondary N) is 1. The van der Waals surface area contributed by atoms with Gasteiger partial charge < -0.3 is 15.1 Å². The molecule has 0 aromatic heterocycles. The van der Waals surface area contributed by atoms with Gasteiger partial charge in [0.2, 0.25) is 17.7 Å². The number of rotatable bonds is 8. The molecule has 1 aliphatic heterocycles. The van der Waals surface area contributed by atoms with E-state index in [9.17, 15) is 14.4 Å². The molecule has 148 valence electrons. The van der Waals surface area contributed by atoms with Crippen molar-refractivity contribution in [1.29, 1.82) is 0 Å². The first-order valence-electron chi connectivity index (χ1n) is 9.66. The Labute approximate surface area is 161 Å². The highest BCUT2D eigenvalue weighted by Crippen LogP contribution is 2.23. The van der Waals surface area contributed by atoms with Crippen LogP contribution >= 0.6 is 0 Å². The predicted molar refractivity (Wildman–Crippen MR) is 105 cm³/mol. The number of amides is 3. The van der Waals surface area contributed by atoms with Crippen molar-refractivity contribution in [2.45, 2.75) is 51.6 Å². The average Bonchev–Trinajstić information content (AvgIpc) is 3.03. The van der Waals surface area contributed by atoms with Crippen LogP contribution in [0.3, 0.4) is 0 Å². The number of hydrogen-bond acceptors (Lipinski definition) is 3. The maximum Gasteiger partial charge on any atom is 0.245 e. The van der Waals surface area contributed by atoms with Crippen molar-refractivity contribution in [2.24, 2.45) is 5.92 Å². The summed E-state index contributed by atoms with van der Waals surface area (Å²) in [5, 5.41) is 2.65. The third-order valence-corrected chi connectivity index (χ3v) is 5.16. The molecule has 0 aliphatic carbocycles. The summed E-state index contributed by atoms with van der Waals surface area (Å²) in [6, 6.07) is 8.94. The van der Waals surface area contributed by atoms with E-state index in [2.05, 4.69) is 5.32 Å². The van der Waals surface area contributed by atoms with Gasteiger partial charge in [0.1, 0.15) is 12.1 Å². The zero-order valence-electron chi connectivity index (χ0n) is 16.8. The maximum absolute atomic E-state index is 13.1. The monoisotopic (exact) mass is 373 g/mol. The fraction of sp³-hybridized carbons (Fsp3) is 0.571. The van der Waals surface area contributed by atoms with E-state index in [0.29, 0.717) is 32.2 Å². The summed E-state index contributed by atoms with van der Waals surface area (Å²) >= 11 is 0.